The van der Waals surface area contributed by atoms with Crippen molar-refractivity contribution in [3.8, 4) is 0 Å². The molecule has 0 spiro atoms. The number of hydrogen-bond donors (Lipinski definition) is 1. The van der Waals surface area contributed by atoms with Crippen LogP contribution in [-0.4, -0.2) is 14.7 Å². The first-order valence-electron chi connectivity index (χ1n) is 5.99. The Bertz CT molecular complexity index is 352. The van der Waals surface area contributed by atoms with Crippen LogP contribution >= 0.6 is 11.5 Å². The Morgan fingerprint density at radius 2 is 2.12 bits per heavy atom. The van der Waals surface area contributed by atoms with E-state index in [0.29, 0.717) is 5.92 Å². The fourth-order valence-corrected chi connectivity index (χ4v) is 2.95. The van der Waals surface area contributed by atoms with Crippen LogP contribution in [0.1, 0.15) is 63.1 Å². The van der Waals surface area contributed by atoms with Crippen molar-refractivity contribution in [1.82, 2.24) is 9.59 Å². The highest BCUT2D eigenvalue weighted by Crippen LogP contribution is 2.38. The Hall–Kier alpha value is -0.480. The smallest absolute Gasteiger partial charge is 0.0920 e. The minimum absolute atomic E-state index is 0.0249. The van der Waals surface area contributed by atoms with Crippen LogP contribution in [0.5, 0.6) is 0 Å². The van der Waals surface area contributed by atoms with Gasteiger partial charge in [0.2, 0.25) is 0 Å². The second-order valence-electron chi connectivity index (χ2n) is 5.78. The van der Waals surface area contributed by atoms with Gasteiger partial charge in [-0.3, -0.25) is 0 Å². The number of nitrogens with zero attached hydrogens (tertiary/aromatic N) is 2. The first-order chi connectivity index (χ1) is 7.48. The summed E-state index contributed by atoms with van der Waals surface area (Å²) in [5.74, 6) is 0.713. The summed E-state index contributed by atoms with van der Waals surface area (Å²) in [7, 11) is 0. The van der Waals surface area contributed by atoms with E-state index in [1.165, 1.54) is 30.8 Å². The summed E-state index contributed by atoms with van der Waals surface area (Å²) < 4.78 is 3.99. The van der Waals surface area contributed by atoms with Crippen LogP contribution < -0.4 is 0 Å². The molecule has 1 atom stereocenters. The highest BCUT2D eigenvalue weighted by molar-refractivity contribution is 7.05. The van der Waals surface area contributed by atoms with Crippen LogP contribution in [0.3, 0.4) is 0 Å². The van der Waals surface area contributed by atoms with E-state index in [1.807, 2.05) is 0 Å². The molecule has 0 radical (unpaired) electrons. The summed E-state index contributed by atoms with van der Waals surface area (Å²) in [6.45, 7) is 6.34. The number of aliphatic hydroxyl groups excluding tert-OH is 1. The van der Waals surface area contributed by atoms with Gasteiger partial charge >= 0.3 is 0 Å². The predicted molar refractivity (Wildman–Crippen MR) is 65.5 cm³/mol. The molecule has 0 aromatic carbocycles. The zero-order valence-electron chi connectivity index (χ0n) is 10.2. The highest BCUT2D eigenvalue weighted by atomic mass is 32.1. The summed E-state index contributed by atoms with van der Waals surface area (Å²) in [5, 5.41) is 14.4. The molecule has 1 unspecified atom stereocenters. The van der Waals surface area contributed by atoms with Crippen LogP contribution in [0.4, 0.5) is 0 Å². The molecule has 90 valence electrons. The molecule has 3 nitrogen and oxygen atoms in total. The molecule has 0 saturated heterocycles. The largest absolute Gasteiger partial charge is 0.387 e. The standard InChI is InChI=1S/C12H20N2OS/c1-12(2,3)11-10(16-14-13-11)9(15)7-8-5-4-6-8/h8-9,15H,4-7H2,1-3H3. The van der Waals surface area contributed by atoms with Gasteiger partial charge in [0.25, 0.3) is 0 Å². The zero-order chi connectivity index (χ0) is 11.8. The molecular formula is C12H20N2OS. The van der Waals surface area contributed by atoms with Crippen molar-refractivity contribution in [3.05, 3.63) is 10.6 Å². The summed E-state index contributed by atoms with van der Waals surface area (Å²) in [6.07, 6.45) is 4.39. The number of rotatable bonds is 3. The predicted octanol–water partition coefficient (Wildman–Crippen LogP) is 3.06. The van der Waals surface area contributed by atoms with E-state index in [0.717, 1.165) is 17.0 Å². The maximum atomic E-state index is 10.2. The Morgan fingerprint density at radius 3 is 2.62 bits per heavy atom. The van der Waals surface area contributed by atoms with Crippen molar-refractivity contribution in [2.45, 2.75) is 58.0 Å². The Kier molecular flexibility index (Phi) is 3.31. The van der Waals surface area contributed by atoms with E-state index < -0.39 is 0 Å². The van der Waals surface area contributed by atoms with Crippen molar-refractivity contribution in [2.75, 3.05) is 0 Å². The Morgan fingerprint density at radius 1 is 1.44 bits per heavy atom. The third-order valence-electron chi connectivity index (χ3n) is 3.31. The van der Waals surface area contributed by atoms with E-state index in [2.05, 4.69) is 30.4 Å². The molecule has 0 bridgehead atoms. The molecule has 1 saturated carbocycles. The molecule has 1 N–H and O–H groups in total. The van der Waals surface area contributed by atoms with Crippen LogP contribution in [-0.2, 0) is 5.41 Å². The molecule has 0 amide bonds. The van der Waals surface area contributed by atoms with Crippen LogP contribution in [0.15, 0.2) is 0 Å². The summed E-state index contributed by atoms with van der Waals surface area (Å²) >= 11 is 1.35. The molecule has 16 heavy (non-hydrogen) atoms. The first kappa shape index (κ1) is 12.0. The van der Waals surface area contributed by atoms with Crippen molar-refractivity contribution < 1.29 is 5.11 Å². The zero-order valence-corrected chi connectivity index (χ0v) is 11.0. The summed E-state index contributed by atoms with van der Waals surface area (Å²) in [5.41, 5.74) is 0.937. The van der Waals surface area contributed by atoms with Gasteiger partial charge in [0, 0.05) is 5.41 Å². The van der Waals surface area contributed by atoms with Crippen molar-refractivity contribution in [2.24, 2.45) is 5.92 Å². The Balaban J connectivity index is 2.10. The van der Waals surface area contributed by atoms with Crippen LogP contribution in [0, 0.1) is 5.92 Å². The molecule has 1 fully saturated rings. The molecule has 1 aliphatic carbocycles. The van der Waals surface area contributed by atoms with E-state index in [1.54, 1.807) is 0 Å². The maximum absolute atomic E-state index is 10.2. The Labute approximate surface area is 101 Å². The third-order valence-corrected chi connectivity index (χ3v) is 4.13. The van der Waals surface area contributed by atoms with Gasteiger partial charge < -0.3 is 5.11 Å². The minimum Gasteiger partial charge on any atom is -0.387 e. The lowest BCUT2D eigenvalue weighted by Gasteiger charge is -2.28. The average molecular weight is 240 g/mol. The SMILES string of the molecule is CC(C)(C)c1nnsc1C(O)CC1CCC1. The lowest BCUT2D eigenvalue weighted by molar-refractivity contribution is 0.119. The average Bonchev–Trinajstić information content (AvgIpc) is 2.58. The lowest BCUT2D eigenvalue weighted by Crippen LogP contribution is -2.18. The molecule has 4 heteroatoms. The fraction of sp³-hybridized carbons (Fsp3) is 0.833. The normalized spacial score (nSPS) is 19.5. The van der Waals surface area contributed by atoms with E-state index in [-0.39, 0.29) is 11.5 Å². The summed E-state index contributed by atoms with van der Waals surface area (Å²) in [4.78, 5) is 0.972. The lowest BCUT2D eigenvalue weighted by atomic mass is 9.80. The quantitative estimate of drug-likeness (QED) is 0.883. The molecule has 1 heterocycles. The van der Waals surface area contributed by atoms with Gasteiger partial charge in [-0.15, -0.1) is 5.10 Å². The highest BCUT2D eigenvalue weighted by Gasteiger charge is 2.29. The topological polar surface area (TPSA) is 46.0 Å². The van der Waals surface area contributed by atoms with Gasteiger partial charge in [-0.05, 0) is 23.9 Å². The van der Waals surface area contributed by atoms with Crippen molar-refractivity contribution >= 4 is 11.5 Å². The van der Waals surface area contributed by atoms with Crippen LogP contribution in [0.25, 0.3) is 0 Å². The van der Waals surface area contributed by atoms with Gasteiger partial charge in [-0.2, -0.15) is 0 Å². The van der Waals surface area contributed by atoms with Gasteiger partial charge in [0.1, 0.15) is 0 Å². The summed E-state index contributed by atoms with van der Waals surface area (Å²) in [6, 6.07) is 0. The van der Waals surface area contributed by atoms with E-state index in [4.69, 9.17) is 0 Å². The minimum atomic E-state index is -0.362. The second-order valence-corrected chi connectivity index (χ2v) is 6.57. The first-order valence-corrected chi connectivity index (χ1v) is 6.76. The van der Waals surface area contributed by atoms with Crippen molar-refractivity contribution in [1.29, 1.82) is 0 Å². The maximum Gasteiger partial charge on any atom is 0.0920 e. The van der Waals surface area contributed by atoms with E-state index in [9.17, 15) is 5.11 Å². The van der Waals surface area contributed by atoms with Crippen molar-refractivity contribution in [3.63, 3.8) is 0 Å². The number of aromatic nitrogens is 2. The van der Waals surface area contributed by atoms with E-state index >= 15 is 0 Å². The monoisotopic (exact) mass is 240 g/mol. The van der Waals surface area contributed by atoms with Gasteiger partial charge in [0.05, 0.1) is 16.7 Å². The molecule has 2 rings (SSSR count). The molecular weight excluding hydrogens is 220 g/mol. The molecule has 1 aliphatic rings. The van der Waals surface area contributed by atoms with Gasteiger partial charge in [-0.1, -0.05) is 44.5 Å². The molecule has 1 aromatic heterocycles. The van der Waals surface area contributed by atoms with Crippen LogP contribution in [0.2, 0.25) is 0 Å². The molecule has 1 aromatic rings. The van der Waals surface area contributed by atoms with Gasteiger partial charge in [-0.25, -0.2) is 0 Å². The third kappa shape index (κ3) is 2.43. The fourth-order valence-electron chi connectivity index (χ4n) is 2.09. The number of aliphatic hydroxyl groups is 1. The van der Waals surface area contributed by atoms with Gasteiger partial charge in [0.15, 0.2) is 0 Å². The second kappa shape index (κ2) is 4.41. The number of hydrogen-bond acceptors (Lipinski definition) is 4. The molecule has 0 aliphatic heterocycles.